The summed E-state index contributed by atoms with van der Waals surface area (Å²) < 4.78 is 67.4. The minimum absolute atomic E-state index is 0.00409. The fourth-order valence-corrected chi connectivity index (χ4v) is 4.86. The third-order valence-corrected chi connectivity index (χ3v) is 6.97. The van der Waals surface area contributed by atoms with Crippen LogP contribution in [-0.2, 0) is 27.4 Å². The van der Waals surface area contributed by atoms with Crippen molar-refractivity contribution >= 4 is 27.8 Å². The van der Waals surface area contributed by atoms with Crippen molar-refractivity contribution in [3.63, 3.8) is 0 Å². The highest BCUT2D eigenvalue weighted by Gasteiger charge is 2.32. The summed E-state index contributed by atoms with van der Waals surface area (Å²) in [6.07, 6.45) is -3.20. The largest absolute Gasteiger partial charge is 0.417 e. The molecule has 1 N–H and O–H groups in total. The summed E-state index contributed by atoms with van der Waals surface area (Å²) in [7, 11) is -4.13. The number of hydrazone groups is 1. The molecule has 0 atom stereocenters. The normalized spacial score (nSPS) is 12.0. The average Bonchev–Trinajstić information content (AvgIpc) is 2.82. The number of rotatable bonds is 8. The van der Waals surface area contributed by atoms with Gasteiger partial charge in [-0.25, -0.2) is 13.8 Å². The van der Waals surface area contributed by atoms with Gasteiger partial charge in [0.15, 0.2) is 0 Å². The monoisotopic (exact) mass is 503 g/mol. The Hall–Kier alpha value is -3.66. The van der Waals surface area contributed by atoms with Gasteiger partial charge >= 0.3 is 6.18 Å². The van der Waals surface area contributed by atoms with E-state index in [1.165, 1.54) is 30.3 Å². The van der Waals surface area contributed by atoms with Gasteiger partial charge in [0.1, 0.15) is 6.54 Å². The van der Waals surface area contributed by atoms with Gasteiger partial charge in [0.05, 0.1) is 22.4 Å². The number of carbonyl (C=O) groups excluding carboxylic acids is 1. The Morgan fingerprint density at radius 1 is 1.00 bits per heavy atom. The summed E-state index contributed by atoms with van der Waals surface area (Å²) in [6.45, 7) is 3.06. The van der Waals surface area contributed by atoms with Gasteiger partial charge in [-0.2, -0.15) is 18.3 Å². The van der Waals surface area contributed by atoms with E-state index in [9.17, 15) is 26.4 Å². The number of sulfonamides is 1. The van der Waals surface area contributed by atoms with Crippen LogP contribution in [0.3, 0.4) is 0 Å². The highest BCUT2D eigenvalue weighted by Crippen LogP contribution is 2.31. The summed E-state index contributed by atoms with van der Waals surface area (Å²) in [4.78, 5) is 12.7. The highest BCUT2D eigenvalue weighted by atomic mass is 32.2. The van der Waals surface area contributed by atoms with Crippen LogP contribution in [0.15, 0.2) is 82.8 Å². The van der Waals surface area contributed by atoms with Crippen LogP contribution in [0.25, 0.3) is 0 Å². The Morgan fingerprint density at radius 3 is 2.29 bits per heavy atom. The molecule has 0 bridgehead atoms. The molecule has 10 heteroatoms. The first kappa shape index (κ1) is 26.0. The number of aryl methyl sites for hydroxylation is 2. The summed E-state index contributed by atoms with van der Waals surface area (Å²) in [5.74, 6) is -0.813. The number of hydrogen-bond donors (Lipinski definition) is 1. The fourth-order valence-electron chi connectivity index (χ4n) is 3.40. The molecule has 0 heterocycles. The van der Waals surface area contributed by atoms with Crippen LogP contribution in [0.5, 0.6) is 0 Å². The number of anilines is 1. The second-order valence-corrected chi connectivity index (χ2v) is 9.55. The van der Waals surface area contributed by atoms with E-state index in [0.29, 0.717) is 17.7 Å². The van der Waals surface area contributed by atoms with Gasteiger partial charge in [0.25, 0.3) is 15.9 Å². The minimum Gasteiger partial charge on any atom is -0.271 e. The van der Waals surface area contributed by atoms with Crippen LogP contribution in [0, 0.1) is 6.92 Å². The van der Waals surface area contributed by atoms with E-state index in [-0.39, 0.29) is 10.5 Å². The van der Waals surface area contributed by atoms with Crippen molar-refractivity contribution in [1.82, 2.24) is 5.43 Å². The van der Waals surface area contributed by atoms with Crippen LogP contribution < -0.4 is 9.73 Å². The lowest BCUT2D eigenvalue weighted by Crippen LogP contribution is -2.40. The lowest BCUT2D eigenvalue weighted by molar-refractivity contribution is -0.137. The van der Waals surface area contributed by atoms with Crippen LogP contribution in [0.2, 0.25) is 0 Å². The third kappa shape index (κ3) is 6.27. The molecule has 3 rings (SSSR count). The topological polar surface area (TPSA) is 78.8 Å². The van der Waals surface area contributed by atoms with E-state index in [1.54, 1.807) is 36.4 Å². The fraction of sp³-hybridized carbons (Fsp3) is 0.200. The van der Waals surface area contributed by atoms with Gasteiger partial charge in [0.2, 0.25) is 0 Å². The number of benzene rings is 3. The standard InChI is InChI=1S/C25H24F3N3O3S/c1-3-19-8-5-7-11-23(19)31(35(33,34)21-14-12-18(2)13-15-21)17-24(32)30-29-16-20-9-4-6-10-22(20)25(26,27)28/h4-16H,3,17H2,1-2H3,(H,30,32)/b29-16-. The van der Waals surface area contributed by atoms with Gasteiger partial charge in [0, 0.05) is 5.56 Å². The summed E-state index contributed by atoms with van der Waals surface area (Å²) in [5, 5.41) is 3.63. The van der Waals surface area contributed by atoms with Crippen LogP contribution >= 0.6 is 0 Å². The van der Waals surface area contributed by atoms with Crippen LogP contribution in [0.4, 0.5) is 18.9 Å². The van der Waals surface area contributed by atoms with Crippen molar-refractivity contribution in [3.8, 4) is 0 Å². The predicted molar refractivity (Wildman–Crippen MR) is 129 cm³/mol. The predicted octanol–water partition coefficient (Wildman–Crippen LogP) is 4.92. The molecule has 0 saturated carbocycles. The molecule has 3 aromatic carbocycles. The molecule has 0 spiro atoms. The smallest absolute Gasteiger partial charge is 0.271 e. The molecular weight excluding hydrogens is 479 g/mol. The van der Waals surface area contributed by atoms with Gasteiger partial charge in [-0.15, -0.1) is 0 Å². The molecule has 35 heavy (non-hydrogen) atoms. The van der Waals surface area contributed by atoms with Crippen molar-refractivity contribution in [2.45, 2.75) is 31.3 Å². The maximum Gasteiger partial charge on any atom is 0.417 e. The minimum atomic E-state index is -4.59. The average molecular weight is 504 g/mol. The molecule has 0 aliphatic heterocycles. The molecule has 184 valence electrons. The van der Waals surface area contributed by atoms with Crippen molar-refractivity contribution in [1.29, 1.82) is 0 Å². The number of halogens is 3. The summed E-state index contributed by atoms with van der Waals surface area (Å²) in [6, 6.07) is 17.8. The summed E-state index contributed by atoms with van der Waals surface area (Å²) in [5.41, 5.74) is 2.91. The van der Waals surface area contributed by atoms with Gasteiger partial charge in [-0.1, -0.05) is 61.0 Å². The molecule has 0 unspecified atom stereocenters. The van der Waals surface area contributed by atoms with E-state index in [0.717, 1.165) is 22.1 Å². The molecular formula is C25H24F3N3O3S. The summed E-state index contributed by atoms with van der Waals surface area (Å²) >= 11 is 0. The zero-order valence-electron chi connectivity index (χ0n) is 19.1. The highest BCUT2D eigenvalue weighted by molar-refractivity contribution is 7.92. The maximum absolute atomic E-state index is 13.5. The van der Waals surface area contributed by atoms with Crippen molar-refractivity contribution in [2.75, 3.05) is 10.8 Å². The Kier molecular flexibility index (Phi) is 7.96. The van der Waals surface area contributed by atoms with E-state index in [1.807, 2.05) is 13.8 Å². The van der Waals surface area contributed by atoms with Crippen molar-refractivity contribution < 1.29 is 26.4 Å². The Bertz CT molecular complexity index is 1320. The lowest BCUT2D eigenvalue weighted by Gasteiger charge is -2.25. The van der Waals surface area contributed by atoms with Crippen LogP contribution in [-0.4, -0.2) is 27.1 Å². The van der Waals surface area contributed by atoms with E-state index >= 15 is 0 Å². The number of para-hydroxylation sites is 1. The molecule has 0 fully saturated rings. The zero-order chi connectivity index (χ0) is 25.6. The second kappa shape index (κ2) is 10.7. The van der Waals surface area contributed by atoms with Gasteiger partial charge < -0.3 is 0 Å². The molecule has 0 radical (unpaired) electrons. The van der Waals surface area contributed by atoms with Crippen molar-refractivity contribution in [3.05, 3.63) is 95.1 Å². The third-order valence-electron chi connectivity index (χ3n) is 5.20. The molecule has 0 aliphatic rings. The van der Waals surface area contributed by atoms with Crippen LogP contribution in [0.1, 0.15) is 29.2 Å². The number of amides is 1. The van der Waals surface area contributed by atoms with E-state index in [2.05, 4.69) is 10.5 Å². The lowest BCUT2D eigenvalue weighted by atomic mass is 10.1. The number of hydrogen-bond acceptors (Lipinski definition) is 4. The van der Waals surface area contributed by atoms with Gasteiger partial charge in [-0.05, 0) is 43.2 Å². The number of alkyl halides is 3. The second-order valence-electron chi connectivity index (χ2n) is 7.69. The van der Waals surface area contributed by atoms with E-state index in [4.69, 9.17) is 0 Å². The number of carbonyl (C=O) groups is 1. The maximum atomic E-state index is 13.5. The molecule has 6 nitrogen and oxygen atoms in total. The first-order chi connectivity index (χ1) is 16.5. The molecule has 0 aromatic heterocycles. The Labute approximate surface area is 202 Å². The first-order valence-electron chi connectivity index (χ1n) is 10.7. The Balaban J connectivity index is 1.89. The van der Waals surface area contributed by atoms with E-state index < -0.39 is 34.2 Å². The van der Waals surface area contributed by atoms with Gasteiger partial charge in [-0.3, -0.25) is 9.10 Å². The number of nitrogens with one attached hydrogen (secondary N) is 1. The molecule has 0 saturated heterocycles. The molecule has 1 amide bonds. The molecule has 3 aromatic rings. The first-order valence-corrected chi connectivity index (χ1v) is 12.1. The zero-order valence-corrected chi connectivity index (χ0v) is 19.9. The Morgan fingerprint density at radius 2 is 1.63 bits per heavy atom. The quantitative estimate of drug-likeness (QED) is 0.350. The number of nitrogens with zero attached hydrogens (tertiary/aromatic N) is 2. The van der Waals surface area contributed by atoms with Crippen molar-refractivity contribution in [2.24, 2.45) is 5.10 Å². The SMILES string of the molecule is CCc1ccccc1N(CC(=O)N/N=C\c1ccccc1C(F)(F)F)S(=O)(=O)c1ccc(C)cc1. The molecule has 0 aliphatic carbocycles.